The van der Waals surface area contributed by atoms with E-state index in [1.54, 1.807) is 43.5 Å². The van der Waals surface area contributed by atoms with E-state index in [2.05, 4.69) is 29.4 Å². The highest BCUT2D eigenvalue weighted by Gasteiger charge is 2.49. The maximum atomic E-state index is 13.8. The number of hydrogen-bond donors (Lipinski definition) is 1. The van der Waals surface area contributed by atoms with Crippen LogP contribution in [0.4, 0.5) is 18.0 Å². The smallest absolute Gasteiger partial charge is 0.416 e. The van der Waals surface area contributed by atoms with E-state index in [9.17, 15) is 22.5 Å². The molecule has 9 nitrogen and oxygen atoms in total. The zero-order valence-electron chi connectivity index (χ0n) is 29.8. The van der Waals surface area contributed by atoms with Crippen LogP contribution in [0.3, 0.4) is 0 Å². The Hall–Kier alpha value is -2.91. The normalized spacial score (nSPS) is 14.5. The van der Waals surface area contributed by atoms with Crippen LogP contribution in [0.25, 0.3) is 11.0 Å². The van der Waals surface area contributed by atoms with Gasteiger partial charge in [-0.05, 0) is 79.1 Å². The zero-order chi connectivity index (χ0) is 36.2. The van der Waals surface area contributed by atoms with Crippen LogP contribution in [0.2, 0.25) is 25.7 Å². The highest BCUT2D eigenvalue weighted by atomic mass is 32.2. The monoisotopic (exact) mass is 710 g/mol. The Morgan fingerprint density at radius 3 is 2.27 bits per heavy atom. The second kappa shape index (κ2) is 15.3. The summed E-state index contributed by atoms with van der Waals surface area (Å²) in [5.74, 6) is 0.227. The van der Waals surface area contributed by atoms with Crippen LogP contribution in [0.1, 0.15) is 68.7 Å². The number of hydrogen-bond acceptors (Lipinski definition) is 7. The predicted molar refractivity (Wildman–Crippen MR) is 187 cm³/mol. The Morgan fingerprint density at radius 2 is 1.71 bits per heavy atom. The van der Waals surface area contributed by atoms with Crippen molar-refractivity contribution in [3.8, 4) is 0 Å². The third-order valence-electron chi connectivity index (χ3n) is 7.39. The van der Waals surface area contributed by atoms with E-state index in [-0.39, 0.29) is 12.6 Å². The minimum atomic E-state index is -4.66. The van der Waals surface area contributed by atoms with Crippen molar-refractivity contribution in [1.29, 1.82) is 0 Å². The van der Waals surface area contributed by atoms with Crippen LogP contribution in [0.15, 0.2) is 39.6 Å². The first-order valence-corrected chi connectivity index (χ1v) is 20.6. The highest BCUT2D eigenvalue weighted by molar-refractivity contribution is 7.90. The molecule has 0 saturated carbocycles. The van der Waals surface area contributed by atoms with Gasteiger partial charge >= 0.3 is 12.3 Å². The number of benzene rings is 2. The first kappa shape index (κ1) is 39.5. The Morgan fingerprint density at radius 1 is 1.08 bits per heavy atom. The first-order valence-electron chi connectivity index (χ1n) is 15.8. The lowest BCUT2D eigenvalue weighted by molar-refractivity contribution is -0.265. The molecular formula is C34H49F3N4O5SSi. The van der Waals surface area contributed by atoms with E-state index < -0.39 is 55.6 Å². The second-order valence-corrected chi connectivity index (χ2v) is 21.5. The Labute approximate surface area is 286 Å². The summed E-state index contributed by atoms with van der Waals surface area (Å²) >= 11 is -1.65. The molecule has 3 rings (SSSR count). The average molecular weight is 711 g/mol. The van der Waals surface area contributed by atoms with Crippen molar-refractivity contribution in [3.05, 3.63) is 58.4 Å². The third-order valence-corrected chi connectivity index (χ3v) is 10.4. The molecule has 3 aromatic rings. The first-order chi connectivity index (χ1) is 22.0. The van der Waals surface area contributed by atoms with Crippen molar-refractivity contribution in [3.63, 3.8) is 0 Å². The van der Waals surface area contributed by atoms with Crippen molar-refractivity contribution in [2.75, 3.05) is 13.2 Å². The largest absolute Gasteiger partial charge is 0.586 e. The number of nitrogens with one attached hydrogen (secondary N) is 1. The number of rotatable bonds is 13. The van der Waals surface area contributed by atoms with Crippen LogP contribution >= 0.6 is 0 Å². The van der Waals surface area contributed by atoms with E-state index in [0.717, 1.165) is 36.6 Å². The average Bonchev–Trinajstić information content (AvgIpc) is 3.27. The summed E-state index contributed by atoms with van der Waals surface area (Å²) in [5, 5.41) is 2.67. The summed E-state index contributed by atoms with van der Waals surface area (Å²) < 4.78 is 77.3. The van der Waals surface area contributed by atoms with Crippen molar-refractivity contribution >= 4 is 42.8 Å². The van der Waals surface area contributed by atoms with Crippen molar-refractivity contribution < 1.29 is 36.7 Å². The number of fused-ring (bicyclic) bond motifs is 1. The molecular weight excluding hydrogens is 662 g/mol. The summed E-state index contributed by atoms with van der Waals surface area (Å²) in [6, 6.07) is 8.98. The van der Waals surface area contributed by atoms with Crippen molar-refractivity contribution in [2.24, 2.45) is 4.40 Å². The molecule has 0 spiro atoms. The highest BCUT2D eigenvalue weighted by Crippen LogP contribution is 2.34. The number of alkyl halides is 3. The molecule has 1 heterocycles. The molecule has 0 aliphatic heterocycles. The van der Waals surface area contributed by atoms with Crippen LogP contribution in [0.5, 0.6) is 0 Å². The standard InChI is InChI=1S/C34H49F3N4O5SSi/c1-22-16-23(2)29(24(3)17-22)47(43)38-19-25-12-13-28-26(18-25)39-30(41(28)21-44-14-15-48(9,10)11)27(40-31(42)46-32(4,5)6)20-45-33(7,8)34(35,36)37/h12-13,16-19,27H,14-15,20-21H2,1-11H3,(H,40,42)/b38-19+/t27-,47+/m0/s1. The van der Waals surface area contributed by atoms with Gasteiger partial charge in [-0.1, -0.05) is 47.8 Å². The number of halogens is 3. The molecule has 0 unspecified atom stereocenters. The lowest BCUT2D eigenvalue weighted by Crippen LogP contribution is -2.45. The fourth-order valence-corrected chi connectivity index (χ4v) is 6.54. The SMILES string of the molecule is Cc1cc(C)c([S@@+]([O-])/N=C/c2ccc3c(c2)nc([C@H](COC(C)(C)C(F)(F)F)NC(=O)OC(C)(C)C)n3COCC[Si](C)(C)C)c(C)c1. The van der Waals surface area contributed by atoms with Gasteiger partial charge in [-0.25, -0.2) is 9.78 Å². The van der Waals surface area contributed by atoms with Gasteiger partial charge in [-0.3, -0.25) is 0 Å². The quantitative estimate of drug-likeness (QED) is 0.0827. The van der Waals surface area contributed by atoms with Gasteiger partial charge in [0.2, 0.25) is 0 Å². The lowest BCUT2D eigenvalue weighted by Gasteiger charge is -2.30. The van der Waals surface area contributed by atoms with Crippen LogP contribution in [-0.4, -0.2) is 65.1 Å². The molecule has 2 aromatic carbocycles. The molecule has 48 heavy (non-hydrogen) atoms. The van der Waals surface area contributed by atoms with Gasteiger partial charge in [-0.2, -0.15) is 13.2 Å². The molecule has 1 N–H and O–H groups in total. The number of alkyl carbamates (subject to hydrolysis) is 1. The third kappa shape index (κ3) is 11.1. The predicted octanol–water partition coefficient (Wildman–Crippen LogP) is 8.34. The van der Waals surface area contributed by atoms with Gasteiger partial charge in [-0.15, -0.1) is 0 Å². The van der Waals surface area contributed by atoms with Crippen molar-refractivity contribution in [2.45, 2.75) is 116 Å². The minimum Gasteiger partial charge on any atom is -0.586 e. The fraction of sp³-hybridized carbons (Fsp3) is 0.559. The summed E-state index contributed by atoms with van der Waals surface area (Å²) in [6.07, 6.45) is -3.99. The molecule has 0 fully saturated rings. The number of aromatic nitrogens is 2. The lowest BCUT2D eigenvalue weighted by atomic mass is 10.1. The van der Waals surface area contributed by atoms with Crippen LogP contribution in [-0.2, 0) is 32.3 Å². The Kier molecular flexibility index (Phi) is 12.6. The molecule has 0 radical (unpaired) electrons. The van der Waals surface area contributed by atoms with E-state index in [1.165, 1.54) is 6.21 Å². The van der Waals surface area contributed by atoms with Gasteiger partial charge < -0.3 is 28.6 Å². The number of aryl methyl sites for hydroxylation is 3. The molecule has 2 atom stereocenters. The van der Waals surface area contributed by atoms with E-state index >= 15 is 0 Å². The van der Waals surface area contributed by atoms with Crippen molar-refractivity contribution in [1.82, 2.24) is 14.9 Å². The topological polar surface area (TPSA) is 110 Å². The maximum absolute atomic E-state index is 13.8. The number of nitrogens with zero attached hydrogens (tertiary/aromatic N) is 3. The fourth-order valence-electron chi connectivity index (χ4n) is 4.79. The number of amides is 1. The van der Waals surface area contributed by atoms with Gasteiger partial charge in [0.05, 0.1) is 23.9 Å². The summed E-state index contributed by atoms with van der Waals surface area (Å²) in [7, 11) is -1.41. The molecule has 0 aliphatic rings. The molecule has 0 saturated heterocycles. The van der Waals surface area contributed by atoms with E-state index in [4.69, 9.17) is 19.2 Å². The second-order valence-electron chi connectivity index (χ2n) is 14.7. The number of carbonyl (C=O) groups is 1. The molecule has 1 amide bonds. The summed E-state index contributed by atoms with van der Waals surface area (Å²) in [5.41, 5.74) is 1.19. The van der Waals surface area contributed by atoms with Crippen LogP contribution in [0, 0.1) is 20.8 Å². The maximum Gasteiger partial charge on any atom is 0.416 e. The number of imidazole rings is 1. The molecule has 0 aliphatic carbocycles. The molecule has 14 heteroatoms. The zero-order valence-corrected chi connectivity index (χ0v) is 31.6. The minimum absolute atomic E-state index is 0.0366. The van der Waals surface area contributed by atoms with Gasteiger partial charge in [0.1, 0.15) is 35.6 Å². The van der Waals surface area contributed by atoms with Gasteiger partial charge in [0.25, 0.3) is 0 Å². The number of carbonyl (C=O) groups excluding carboxylic acids is 1. The Bertz CT molecular complexity index is 1590. The Balaban J connectivity index is 2.05. The molecule has 1 aromatic heterocycles. The van der Waals surface area contributed by atoms with E-state index in [1.807, 2.05) is 32.9 Å². The van der Waals surface area contributed by atoms with Gasteiger partial charge in [0, 0.05) is 25.8 Å². The van der Waals surface area contributed by atoms with Crippen LogP contribution < -0.4 is 5.32 Å². The summed E-state index contributed by atoms with van der Waals surface area (Å²) in [6.45, 7) is 19.3. The van der Waals surface area contributed by atoms with E-state index in [0.29, 0.717) is 28.1 Å². The molecule has 266 valence electrons. The molecule has 0 bridgehead atoms. The summed E-state index contributed by atoms with van der Waals surface area (Å²) in [4.78, 5) is 18.3. The number of ether oxygens (including phenoxy) is 3. The van der Waals surface area contributed by atoms with Gasteiger partial charge in [0.15, 0.2) is 10.5 Å².